The number of aliphatic hydroxyl groups is 1. The number of rotatable bonds is 4. The van der Waals surface area contributed by atoms with E-state index >= 15 is 0 Å². The predicted molar refractivity (Wildman–Crippen MR) is 110 cm³/mol. The van der Waals surface area contributed by atoms with Crippen LogP contribution in [0.3, 0.4) is 0 Å². The van der Waals surface area contributed by atoms with Gasteiger partial charge >= 0.3 is 0 Å². The van der Waals surface area contributed by atoms with Gasteiger partial charge in [0.1, 0.15) is 28.9 Å². The van der Waals surface area contributed by atoms with Gasteiger partial charge in [-0.3, -0.25) is 4.79 Å². The molecule has 0 fully saturated rings. The fraction of sp³-hybridized carbons (Fsp3) is 0.143. The summed E-state index contributed by atoms with van der Waals surface area (Å²) >= 11 is 0. The summed E-state index contributed by atoms with van der Waals surface area (Å²) in [6.45, 7) is 3.22. The maximum absolute atomic E-state index is 14.9. The van der Waals surface area contributed by atoms with Gasteiger partial charge in [-0.15, -0.1) is 0 Å². The van der Waals surface area contributed by atoms with Crippen LogP contribution in [-0.4, -0.2) is 30.8 Å². The molecule has 0 unspecified atom stereocenters. The van der Waals surface area contributed by atoms with E-state index in [2.05, 4.69) is 20.4 Å². The number of carbonyl (C=O) groups excluding carboxylic acids is 1. The first-order valence-electron chi connectivity index (χ1n) is 9.37. The van der Waals surface area contributed by atoms with Gasteiger partial charge in [0.25, 0.3) is 5.91 Å². The first kappa shape index (κ1) is 21.2. The van der Waals surface area contributed by atoms with Gasteiger partial charge in [0.2, 0.25) is 0 Å². The Balaban J connectivity index is 1.68. The zero-order valence-corrected chi connectivity index (χ0v) is 16.9. The molecular formula is C21H17F3N6O2. The SMILES string of the molecule is Cc1cc(F)cc([C@@H](O)C(=O)Nc2ccc(-n3nc(C)c4ncnc(N)c43)c(F)c2F)c1. The summed E-state index contributed by atoms with van der Waals surface area (Å²) in [5, 5.41) is 16.5. The smallest absolute Gasteiger partial charge is 0.257 e. The lowest BCUT2D eigenvalue weighted by Gasteiger charge is -2.14. The third kappa shape index (κ3) is 3.62. The molecule has 2 aromatic heterocycles. The van der Waals surface area contributed by atoms with Crippen molar-refractivity contribution in [3.63, 3.8) is 0 Å². The van der Waals surface area contributed by atoms with Crippen molar-refractivity contribution in [2.75, 3.05) is 11.1 Å². The summed E-state index contributed by atoms with van der Waals surface area (Å²) in [7, 11) is 0. The van der Waals surface area contributed by atoms with Gasteiger partial charge in [0, 0.05) is 0 Å². The second kappa shape index (κ2) is 7.93. The number of aryl methyl sites for hydroxylation is 2. The molecule has 2 heterocycles. The van der Waals surface area contributed by atoms with E-state index in [0.717, 1.165) is 16.8 Å². The van der Waals surface area contributed by atoms with Crippen molar-refractivity contribution in [3.8, 4) is 5.69 Å². The molecule has 2 aromatic carbocycles. The number of amides is 1. The quantitative estimate of drug-likeness (QED) is 0.447. The number of nitrogens with one attached hydrogen (secondary N) is 1. The number of anilines is 2. The molecule has 4 N–H and O–H groups in total. The van der Waals surface area contributed by atoms with Crippen molar-refractivity contribution in [2.45, 2.75) is 20.0 Å². The standard InChI is InChI=1S/C21H17F3N6O2/c1-9-5-11(7-12(22)6-9)19(31)21(32)28-13-3-4-14(16(24)15(13)23)30-18-17(10(2)29-30)26-8-27-20(18)25/h3-8,19,31H,1-2H3,(H,28,32)(H2,25,26,27)/t19-/m1/s1. The number of nitrogen functional groups attached to an aromatic ring is 1. The van der Waals surface area contributed by atoms with Crippen LogP contribution in [0.25, 0.3) is 16.7 Å². The topological polar surface area (TPSA) is 119 Å². The predicted octanol–water partition coefficient (Wildman–Crippen LogP) is 3.10. The van der Waals surface area contributed by atoms with Crippen molar-refractivity contribution in [1.82, 2.24) is 19.7 Å². The third-order valence-corrected chi connectivity index (χ3v) is 4.83. The van der Waals surface area contributed by atoms with E-state index in [-0.39, 0.29) is 22.6 Å². The minimum absolute atomic E-state index is 0.0218. The lowest BCUT2D eigenvalue weighted by atomic mass is 10.1. The number of benzene rings is 2. The Bertz CT molecular complexity index is 1350. The first-order valence-corrected chi connectivity index (χ1v) is 9.37. The van der Waals surface area contributed by atoms with Crippen LogP contribution in [0.15, 0.2) is 36.7 Å². The first-order chi connectivity index (χ1) is 15.2. The molecule has 0 aliphatic heterocycles. The van der Waals surface area contributed by atoms with Crippen molar-refractivity contribution in [1.29, 1.82) is 0 Å². The maximum Gasteiger partial charge on any atom is 0.257 e. The second-order valence-electron chi connectivity index (χ2n) is 7.17. The molecule has 4 aromatic rings. The number of carbonyl (C=O) groups is 1. The number of aliphatic hydroxyl groups excluding tert-OH is 1. The number of hydrogen-bond acceptors (Lipinski definition) is 6. The molecule has 164 valence electrons. The number of nitrogens with two attached hydrogens (primary N) is 1. The molecule has 8 nitrogen and oxygen atoms in total. The second-order valence-corrected chi connectivity index (χ2v) is 7.17. The van der Waals surface area contributed by atoms with Gasteiger partial charge in [0.05, 0.1) is 11.4 Å². The molecule has 11 heteroatoms. The number of halogens is 3. The number of fused-ring (bicyclic) bond motifs is 1. The van der Waals surface area contributed by atoms with Crippen LogP contribution < -0.4 is 11.1 Å². The highest BCUT2D eigenvalue weighted by Gasteiger charge is 2.24. The van der Waals surface area contributed by atoms with Crippen LogP contribution >= 0.6 is 0 Å². The van der Waals surface area contributed by atoms with E-state index in [9.17, 15) is 23.1 Å². The van der Waals surface area contributed by atoms with Gasteiger partial charge in [-0.1, -0.05) is 6.07 Å². The van der Waals surface area contributed by atoms with Crippen molar-refractivity contribution < 1.29 is 23.1 Å². The number of nitrogens with zero attached hydrogens (tertiary/aromatic N) is 4. The Morgan fingerprint density at radius 3 is 2.59 bits per heavy atom. The normalized spacial score (nSPS) is 12.2. The van der Waals surface area contributed by atoms with Gasteiger partial charge < -0.3 is 16.2 Å². The summed E-state index contributed by atoms with van der Waals surface area (Å²) in [5.74, 6) is -4.36. The van der Waals surface area contributed by atoms with Crippen LogP contribution in [0.4, 0.5) is 24.7 Å². The lowest BCUT2D eigenvalue weighted by molar-refractivity contribution is -0.124. The van der Waals surface area contributed by atoms with Gasteiger partial charge in [-0.05, 0) is 49.2 Å². The molecule has 0 aliphatic rings. The highest BCUT2D eigenvalue weighted by molar-refractivity contribution is 5.95. The Kier molecular flexibility index (Phi) is 5.26. The molecular weight excluding hydrogens is 425 g/mol. The van der Waals surface area contributed by atoms with Crippen molar-refractivity contribution in [2.24, 2.45) is 0 Å². The Morgan fingerprint density at radius 2 is 1.88 bits per heavy atom. The number of aromatic nitrogens is 4. The van der Waals surface area contributed by atoms with E-state index in [1.165, 1.54) is 24.5 Å². The lowest BCUT2D eigenvalue weighted by Crippen LogP contribution is -2.22. The van der Waals surface area contributed by atoms with Crippen molar-refractivity contribution >= 4 is 28.4 Å². The molecule has 0 radical (unpaired) electrons. The average Bonchev–Trinajstić information content (AvgIpc) is 3.08. The molecule has 0 saturated carbocycles. The van der Waals surface area contributed by atoms with Crippen LogP contribution in [0.2, 0.25) is 0 Å². The highest BCUT2D eigenvalue weighted by Crippen LogP contribution is 2.29. The molecule has 0 saturated heterocycles. The van der Waals surface area contributed by atoms with E-state index in [4.69, 9.17) is 5.73 Å². The minimum atomic E-state index is -1.79. The fourth-order valence-electron chi connectivity index (χ4n) is 3.36. The highest BCUT2D eigenvalue weighted by atomic mass is 19.2. The monoisotopic (exact) mass is 442 g/mol. The van der Waals surface area contributed by atoms with E-state index in [1.807, 2.05) is 0 Å². The Morgan fingerprint density at radius 1 is 1.12 bits per heavy atom. The van der Waals surface area contributed by atoms with Crippen LogP contribution in [0.1, 0.15) is 22.9 Å². The minimum Gasteiger partial charge on any atom is -0.382 e. The van der Waals surface area contributed by atoms with E-state index < -0.39 is 35.2 Å². The summed E-state index contributed by atoms with van der Waals surface area (Å²) in [5.41, 5.74) is 6.55. The van der Waals surface area contributed by atoms with Crippen LogP contribution in [-0.2, 0) is 4.79 Å². The van der Waals surface area contributed by atoms with Gasteiger partial charge in [0.15, 0.2) is 23.6 Å². The summed E-state index contributed by atoms with van der Waals surface area (Å²) in [4.78, 5) is 20.3. The third-order valence-electron chi connectivity index (χ3n) is 4.83. The summed E-state index contributed by atoms with van der Waals surface area (Å²) in [6.07, 6.45) is -0.557. The van der Waals surface area contributed by atoms with Crippen molar-refractivity contribution in [3.05, 3.63) is 70.9 Å². The van der Waals surface area contributed by atoms with Crippen LogP contribution in [0, 0.1) is 31.3 Å². The largest absolute Gasteiger partial charge is 0.382 e. The summed E-state index contributed by atoms with van der Waals surface area (Å²) in [6, 6.07) is 5.91. The molecule has 1 atom stereocenters. The van der Waals surface area contributed by atoms with E-state index in [0.29, 0.717) is 16.8 Å². The Hall–Kier alpha value is -3.99. The van der Waals surface area contributed by atoms with Crippen LogP contribution in [0.5, 0.6) is 0 Å². The average molecular weight is 442 g/mol. The zero-order chi connectivity index (χ0) is 23.2. The summed E-state index contributed by atoms with van der Waals surface area (Å²) < 4.78 is 44.3. The van der Waals surface area contributed by atoms with E-state index in [1.54, 1.807) is 13.8 Å². The number of hydrogen-bond donors (Lipinski definition) is 3. The molecule has 0 bridgehead atoms. The molecule has 0 aliphatic carbocycles. The van der Waals surface area contributed by atoms with Gasteiger partial charge in [-0.2, -0.15) is 5.10 Å². The molecule has 4 rings (SSSR count). The molecule has 1 amide bonds. The molecule has 0 spiro atoms. The zero-order valence-electron chi connectivity index (χ0n) is 16.9. The maximum atomic E-state index is 14.9. The van der Waals surface area contributed by atoms with Gasteiger partial charge in [-0.25, -0.2) is 27.8 Å². The fourth-order valence-corrected chi connectivity index (χ4v) is 3.36. The molecule has 32 heavy (non-hydrogen) atoms. The Labute approximate surface area is 179 Å².